The van der Waals surface area contributed by atoms with Crippen LogP contribution in [0.25, 0.3) is 0 Å². The lowest BCUT2D eigenvalue weighted by Crippen LogP contribution is -2.24. The van der Waals surface area contributed by atoms with Gasteiger partial charge in [-0.05, 0) is 41.1 Å². The van der Waals surface area contributed by atoms with Crippen molar-refractivity contribution in [2.75, 3.05) is 11.9 Å². The Bertz CT molecular complexity index is 617. The highest BCUT2D eigenvalue weighted by Crippen LogP contribution is 2.22. The molecular formula is C13H13BrClN3OS. The number of pyridine rings is 1. The van der Waals surface area contributed by atoms with Gasteiger partial charge in [-0.3, -0.25) is 4.79 Å². The molecule has 0 bridgehead atoms. The van der Waals surface area contributed by atoms with Crippen molar-refractivity contribution in [3.8, 4) is 0 Å². The number of anilines is 1. The first-order valence-corrected chi connectivity index (χ1v) is 8.00. The molecule has 0 unspecified atom stereocenters. The molecule has 0 atom stereocenters. The highest BCUT2D eigenvalue weighted by Gasteiger charge is 2.13. The Hall–Kier alpha value is -1.11. The molecule has 2 heterocycles. The van der Waals surface area contributed by atoms with Gasteiger partial charge in [0.2, 0.25) is 0 Å². The van der Waals surface area contributed by atoms with Gasteiger partial charge < -0.3 is 10.6 Å². The number of hydrogen-bond donors (Lipinski definition) is 2. The Morgan fingerprint density at radius 2 is 2.30 bits per heavy atom. The van der Waals surface area contributed by atoms with E-state index in [9.17, 15) is 4.79 Å². The number of carbonyl (C=O) groups excluding carboxylic acids is 1. The van der Waals surface area contributed by atoms with E-state index < -0.39 is 0 Å². The number of hydrogen-bond acceptors (Lipinski definition) is 4. The van der Waals surface area contributed by atoms with Crippen LogP contribution >= 0.6 is 38.9 Å². The molecule has 0 fully saturated rings. The molecule has 7 heteroatoms. The fourth-order valence-corrected chi connectivity index (χ4v) is 2.99. The summed E-state index contributed by atoms with van der Waals surface area (Å²) in [7, 11) is 0. The first-order chi connectivity index (χ1) is 9.60. The molecular weight excluding hydrogens is 362 g/mol. The average molecular weight is 375 g/mol. The van der Waals surface area contributed by atoms with Crippen LogP contribution in [0.1, 0.15) is 22.2 Å². The molecule has 1 amide bonds. The molecule has 0 saturated heterocycles. The number of amides is 1. The van der Waals surface area contributed by atoms with Crippen molar-refractivity contribution in [1.82, 2.24) is 10.3 Å². The zero-order valence-corrected chi connectivity index (χ0v) is 13.9. The van der Waals surface area contributed by atoms with Gasteiger partial charge in [-0.25, -0.2) is 4.98 Å². The van der Waals surface area contributed by atoms with Crippen molar-refractivity contribution in [1.29, 1.82) is 0 Å². The van der Waals surface area contributed by atoms with E-state index in [4.69, 9.17) is 11.6 Å². The van der Waals surface area contributed by atoms with Crippen LogP contribution in [0.4, 0.5) is 5.82 Å². The molecule has 4 nitrogen and oxygen atoms in total. The van der Waals surface area contributed by atoms with E-state index in [1.54, 1.807) is 12.3 Å². The minimum atomic E-state index is -0.167. The Balaban J connectivity index is 2.09. The van der Waals surface area contributed by atoms with E-state index in [2.05, 4.69) is 31.5 Å². The third-order valence-electron chi connectivity index (χ3n) is 2.50. The van der Waals surface area contributed by atoms with Crippen LogP contribution in [0.15, 0.2) is 28.9 Å². The quantitative estimate of drug-likeness (QED) is 0.834. The van der Waals surface area contributed by atoms with Gasteiger partial charge in [0.15, 0.2) is 0 Å². The van der Waals surface area contributed by atoms with Crippen LogP contribution < -0.4 is 10.6 Å². The van der Waals surface area contributed by atoms with Crippen molar-refractivity contribution in [3.63, 3.8) is 0 Å². The van der Waals surface area contributed by atoms with Gasteiger partial charge >= 0.3 is 0 Å². The van der Waals surface area contributed by atoms with Gasteiger partial charge in [0, 0.05) is 22.1 Å². The first-order valence-electron chi connectivity index (χ1n) is 6.02. The molecule has 2 rings (SSSR count). The topological polar surface area (TPSA) is 54.0 Å². The van der Waals surface area contributed by atoms with E-state index in [-0.39, 0.29) is 5.91 Å². The molecule has 2 aromatic rings. The largest absolute Gasteiger partial charge is 0.370 e. The summed E-state index contributed by atoms with van der Waals surface area (Å²) in [6.45, 7) is 3.11. The Morgan fingerprint density at radius 1 is 1.50 bits per heavy atom. The Morgan fingerprint density at radius 3 is 2.95 bits per heavy atom. The fourth-order valence-electron chi connectivity index (χ4n) is 1.63. The maximum atomic E-state index is 12.2. The molecule has 20 heavy (non-hydrogen) atoms. The monoisotopic (exact) mass is 373 g/mol. The van der Waals surface area contributed by atoms with Crippen molar-refractivity contribution in [2.45, 2.75) is 13.5 Å². The number of nitrogens with one attached hydrogen (secondary N) is 2. The maximum absolute atomic E-state index is 12.2. The standard InChI is InChI=1S/C13H13BrClN3OS/c1-2-16-12-10(5-8(14)6-17-12)13(19)18-7-9-3-4-11(15)20-9/h3-6H,2,7H2,1H3,(H,16,17)(H,18,19). The lowest BCUT2D eigenvalue weighted by Gasteiger charge is -2.10. The SMILES string of the molecule is CCNc1ncc(Br)cc1C(=O)NCc1ccc(Cl)s1. The van der Waals surface area contributed by atoms with Crippen LogP contribution in [0, 0.1) is 0 Å². The molecule has 0 aliphatic rings. The van der Waals surface area contributed by atoms with Crippen LogP contribution in [0.2, 0.25) is 4.34 Å². The third-order valence-corrected chi connectivity index (χ3v) is 4.16. The summed E-state index contributed by atoms with van der Waals surface area (Å²) in [5.41, 5.74) is 0.517. The number of thiophene rings is 1. The number of carbonyl (C=O) groups is 1. The summed E-state index contributed by atoms with van der Waals surface area (Å²) in [5, 5.41) is 5.94. The van der Waals surface area contributed by atoms with E-state index >= 15 is 0 Å². The molecule has 0 spiro atoms. The normalized spacial score (nSPS) is 10.3. The van der Waals surface area contributed by atoms with E-state index in [1.165, 1.54) is 11.3 Å². The number of nitrogens with zero attached hydrogens (tertiary/aromatic N) is 1. The zero-order valence-electron chi connectivity index (χ0n) is 10.7. The van der Waals surface area contributed by atoms with Crippen LogP contribution in [-0.4, -0.2) is 17.4 Å². The van der Waals surface area contributed by atoms with Gasteiger partial charge in [0.1, 0.15) is 5.82 Å². The lowest BCUT2D eigenvalue weighted by molar-refractivity contribution is 0.0951. The molecule has 0 aliphatic heterocycles. The first kappa shape index (κ1) is 15.3. The second-order valence-corrected chi connectivity index (χ2v) is 6.68. The minimum Gasteiger partial charge on any atom is -0.370 e. The Kier molecular flexibility index (Phi) is 5.39. The van der Waals surface area contributed by atoms with Crippen molar-refractivity contribution in [2.24, 2.45) is 0 Å². The zero-order chi connectivity index (χ0) is 14.5. The minimum absolute atomic E-state index is 0.167. The van der Waals surface area contributed by atoms with Crippen LogP contribution in [0.3, 0.4) is 0 Å². The summed E-state index contributed by atoms with van der Waals surface area (Å²) in [5.74, 6) is 0.414. The third kappa shape index (κ3) is 3.94. The average Bonchev–Trinajstić information content (AvgIpc) is 2.84. The molecule has 2 aromatic heterocycles. The molecule has 0 aromatic carbocycles. The van der Waals surface area contributed by atoms with Gasteiger partial charge in [-0.1, -0.05) is 11.6 Å². The molecule has 2 N–H and O–H groups in total. The summed E-state index contributed by atoms with van der Waals surface area (Å²) in [6.07, 6.45) is 1.66. The van der Waals surface area contributed by atoms with Crippen LogP contribution in [0.5, 0.6) is 0 Å². The summed E-state index contributed by atoms with van der Waals surface area (Å²) in [6, 6.07) is 5.47. The molecule has 0 radical (unpaired) electrons. The number of halogens is 2. The van der Waals surface area contributed by atoms with Crippen LogP contribution in [-0.2, 0) is 6.54 Å². The van der Waals surface area contributed by atoms with E-state index in [0.717, 1.165) is 9.35 Å². The second-order valence-electron chi connectivity index (χ2n) is 3.97. The van der Waals surface area contributed by atoms with Crippen molar-refractivity contribution in [3.05, 3.63) is 43.6 Å². The van der Waals surface area contributed by atoms with Crippen molar-refractivity contribution < 1.29 is 4.79 Å². The van der Waals surface area contributed by atoms with E-state index in [0.29, 0.717) is 28.8 Å². The molecule has 0 aliphatic carbocycles. The smallest absolute Gasteiger partial charge is 0.255 e. The fraction of sp³-hybridized carbons (Fsp3) is 0.231. The number of aromatic nitrogens is 1. The van der Waals surface area contributed by atoms with Crippen molar-refractivity contribution >= 4 is 50.6 Å². The predicted molar refractivity (Wildman–Crippen MR) is 86.6 cm³/mol. The predicted octanol–water partition coefficient (Wildman–Crippen LogP) is 3.92. The molecule has 106 valence electrons. The number of rotatable bonds is 5. The summed E-state index contributed by atoms with van der Waals surface area (Å²) < 4.78 is 1.48. The lowest BCUT2D eigenvalue weighted by atomic mass is 10.2. The van der Waals surface area contributed by atoms with Gasteiger partial charge in [-0.2, -0.15) is 0 Å². The maximum Gasteiger partial charge on any atom is 0.255 e. The van der Waals surface area contributed by atoms with Gasteiger partial charge in [-0.15, -0.1) is 11.3 Å². The van der Waals surface area contributed by atoms with Gasteiger partial charge in [0.25, 0.3) is 5.91 Å². The highest BCUT2D eigenvalue weighted by atomic mass is 79.9. The molecule has 0 saturated carbocycles. The van der Waals surface area contributed by atoms with E-state index in [1.807, 2.05) is 19.1 Å². The van der Waals surface area contributed by atoms with Gasteiger partial charge in [0.05, 0.1) is 16.4 Å². The second kappa shape index (κ2) is 7.06. The highest BCUT2D eigenvalue weighted by molar-refractivity contribution is 9.10. The summed E-state index contributed by atoms with van der Waals surface area (Å²) >= 11 is 10.6. The Labute approximate surface area is 134 Å². The summed E-state index contributed by atoms with van der Waals surface area (Å²) in [4.78, 5) is 17.5.